The number of hydrogen-bond acceptors (Lipinski definition) is 1. The van der Waals surface area contributed by atoms with E-state index in [1.807, 2.05) is 0 Å². The number of hydrogen-bond donors (Lipinski definition) is 0. The van der Waals surface area contributed by atoms with Crippen molar-refractivity contribution in [2.24, 2.45) is 11.3 Å². The third-order valence-corrected chi connectivity index (χ3v) is 4.34. The summed E-state index contributed by atoms with van der Waals surface area (Å²) in [6.07, 6.45) is 15.2. The van der Waals surface area contributed by atoms with Gasteiger partial charge >= 0.3 is 0 Å². The van der Waals surface area contributed by atoms with Gasteiger partial charge in [-0.25, -0.2) is 0 Å². The zero-order valence-electron chi connectivity index (χ0n) is 9.06. The van der Waals surface area contributed by atoms with Crippen LogP contribution in [0.15, 0.2) is 0 Å². The average molecular weight is 193 g/mol. The Morgan fingerprint density at radius 1 is 0.857 bits per heavy atom. The number of rotatable bonds is 2. The first-order valence-electron chi connectivity index (χ1n) is 6.27. The number of carbonyl (C=O) groups excluding carboxylic acids is 1. The Kier molecular flexibility index (Phi) is 3.25. The van der Waals surface area contributed by atoms with Crippen LogP contribution in [0.4, 0.5) is 0 Å². The van der Waals surface area contributed by atoms with Gasteiger partial charge in [0.2, 0.25) is 6.29 Å². The molecule has 1 heteroatoms. The molecule has 2 fully saturated rings. The third-order valence-electron chi connectivity index (χ3n) is 4.34. The van der Waals surface area contributed by atoms with Crippen molar-refractivity contribution in [1.29, 1.82) is 0 Å². The zero-order chi connectivity index (χ0) is 9.86. The highest BCUT2D eigenvalue weighted by Crippen LogP contribution is 2.46. The van der Waals surface area contributed by atoms with Gasteiger partial charge in [0.25, 0.3) is 0 Å². The largest absolute Gasteiger partial charge is 0.290 e. The Labute approximate surface area is 87.3 Å². The average Bonchev–Trinajstić information content (AvgIpc) is 2.31. The molecule has 14 heavy (non-hydrogen) atoms. The molecule has 0 heterocycles. The van der Waals surface area contributed by atoms with E-state index in [2.05, 4.69) is 6.29 Å². The van der Waals surface area contributed by atoms with Crippen molar-refractivity contribution >= 4 is 6.29 Å². The van der Waals surface area contributed by atoms with Crippen molar-refractivity contribution < 1.29 is 4.79 Å². The SMILES string of the molecule is O=[C]C1(C2CCCCC2)CCCCC1. The Morgan fingerprint density at radius 3 is 2.00 bits per heavy atom. The lowest BCUT2D eigenvalue weighted by Gasteiger charge is -2.40. The fraction of sp³-hybridized carbons (Fsp3) is 0.923. The van der Waals surface area contributed by atoms with Crippen LogP contribution < -0.4 is 0 Å². The predicted octanol–water partition coefficient (Wildman–Crippen LogP) is 3.63. The van der Waals surface area contributed by atoms with Crippen LogP contribution in [-0.4, -0.2) is 6.29 Å². The highest BCUT2D eigenvalue weighted by atomic mass is 16.1. The van der Waals surface area contributed by atoms with E-state index in [4.69, 9.17) is 0 Å². The minimum absolute atomic E-state index is 0.0152. The van der Waals surface area contributed by atoms with Crippen molar-refractivity contribution in [3.8, 4) is 0 Å². The van der Waals surface area contributed by atoms with Gasteiger partial charge in [0.1, 0.15) is 0 Å². The van der Waals surface area contributed by atoms with E-state index < -0.39 is 0 Å². The molecule has 0 N–H and O–H groups in total. The first-order chi connectivity index (χ1) is 6.87. The molecular formula is C13H21O. The molecule has 0 aromatic carbocycles. The summed E-state index contributed by atoms with van der Waals surface area (Å²) in [6, 6.07) is 0. The van der Waals surface area contributed by atoms with E-state index in [-0.39, 0.29) is 5.41 Å². The van der Waals surface area contributed by atoms with Crippen LogP contribution in [-0.2, 0) is 4.79 Å². The van der Waals surface area contributed by atoms with Gasteiger partial charge in [0.15, 0.2) is 0 Å². The van der Waals surface area contributed by atoms with E-state index in [0.717, 1.165) is 12.8 Å². The summed E-state index contributed by atoms with van der Waals surface area (Å²) in [6.45, 7) is 0. The van der Waals surface area contributed by atoms with Gasteiger partial charge in [-0.15, -0.1) is 0 Å². The lowest BCUT2D eigenvalue weighted by Crippen LogP contribution is -2.35. The highest BCUT2D eigenvalue weighted by molar-refractivity contribution is 5.61. The molecule has 2 saturated carbocycles. The summed E-state index contributed by atoms with van der Waals surface area (Å²) in [5.41, 5.74) is -0.0152. The van der Waals surface area contributed by atoms with Crippen molar-refractivity contribution in [3.63, 3.8) is 0 Å². The van der Waals surface area contributed by atoms with Crippen LogP contribution in [0.5, 0.6) is 0 Å². The second-order valence-electron chi connectivity index (χ2n) is 5.15. The molecule has 1 nitrogen and oxygen atoms in total. The minimum Gasteiger partial charge on any atom is -0.290 e. The molecule has 2 aliphatic rings. The maximum atomic E-state index is 11.3. The van der Waals surface area contributed by atoms with E-state index >= 15 is 0 Å². The van der Waals surface area contributed by atoms with E-state index in [0.29, 0.717) is 5.92 Å². The molecule has 0 aliphatic heterocycles. The van der Waals surface area contributed by atoms with Crippen LogP contribution in [0.1, 0.15) is 64.2 Å². The maximum Gasteiger partial charge on any atom is 0.205 e. The van der Waals surface area contributed by atoms with E-state index in [1.54, 1.807) is 0 Å². The van der Waals surface area contributed by atoms with Crippen molar-refractivity contribution in [1.82, 2.24) is 0 Å². The van der Waals surface area contributed by atoms with Crippen LogP contribution in [0, 0.1) is 11.3 Å². The quantitative estimate of drug-likeness (QED) is 0.654. The van der Waals surface area contributed by atoms with Gasteiger partial charge in [0.05, 0.1) is 0 Å². The fourth-order valence-corrected chi connectivity index (χ4v) is 3.43. The fourth-order valence-electron chi connectivity index (χ4n) is 3.43. The standard InChI is InChI=1S/C13H21O/c14-11-13(9-5-2-6-10-13)12-7-3-1-4-8-12/h12H,1-10H2. The molecule has 1 radical (unpaired) electrons. The summed E-state index contributed by atoms with van der Waals surface area (Å²) < 4.78 is 0. The van der Waals surface area contributed by atoms with Gasteiger partial charge in [-0.05, 0) is 31.6 Å². The Hall–Kier alpha value is -0.330. The topological polar surface area (TPSA) is 17.1 Å². The molecule has 79 valence electrons. The monoisotopic (exact) mass is 193 g/mol. The van der Waals surface area contributed by atoms with Gasteiger partial charge in [-0.1, -0.05) is 38.5 Å². The predicted molar refractivity (Wildman–Crippen MR) is 57.8 cm³/mol. The molecule has 0 aromatic heterocycles. The third kappa shape index (κ3) is 1.87. The summed E-state index contributed by atoms with van der Waals surface area (Å²) in [4.78, 5) is 11.3. The summed E-state index contributed by atoms with van der Waals surface area (Å²) in [5, 5.41) is 0. The molecular weight excluding hydrogens is 172 g/mol. The lowest BCUT2D eigenvalue weighted by atomic mass is 9.62. The van der Waals surface area contributed by atoms with Crippen LogP contribution in [0.3, 0.4) is 0 Å². The molecule has 0 unspecified atom stereocenters. The molecule has 0 atom stereocenters. The van der Waals surface area contributed by atoms with E-state index in [1.165, 1.54) is 51.4 Å². The molecule has 0 saturated heterocycles. The molecule has 0 spiro atoms. The normalized spacial score (nSPS) is 28.6. The summed E-state index contributed by atoms with van der Waals surface area (Å²) in [5.74, 6) is 0.675. The first-order valence-corrected chi connectivity index (χ1v) is 6.27. The highest BCUT2D eigenvalue weighted by Gasteiger charge is 2.40. The van der Waals surface area contributed by atoms with E-state index in [9.17, 15) is 4.79 Å². The molecule has 2 aliphatic carbocycles. The second kappa shape index (κ2) is 4.46. The van der Waals surface area contributed by atoms with Crippen LogP contribution >= 0.6 is 0 Å². The first kappa shape index (κ1) is 10.2. The second-order valence-corrected chi connectivity index (χ2v) is 5.15. The molecule has 2 rings (SSSR count). The van der Waals surface area contributed by atoms with Crippen molar-refractivity contribution in [3.05, 3.63) is 0 Å². The smallest absolute Gasteiger partial charge is 0.205 e. The Balaban J connectivity index is 2.04. The summed E-state index contributed by atoms with van der Waals surface area (Å²) in [7, 11) is 0. The Morgan fingerprint density at radius 2 is 1.43 bits per heavy atom. The van der Waals surface area contributed by atoms with Crippen LogP contribution in [0.25, 0.3) is 0 Å². The van der Waals surface area contributed by atoms with Gasteiger partial charge in [0, 0.05) is 5.41 Å². The van der Waals surface area contributed by atoms with Crippen molar-refractivity contribution in [2.75, 3.05) is 0 Å². The minimum atomic E-state index is -0.0152. The van der Waals surface area contributed by atoms with Crippen LogP contribution in [0.2, 0.25) is 0 Å². The van der Waals surface area contributed by atoms with Gasteiger partial charge in [-0.3, -0.25) is 4.79 Å². The summed E-state index contributed by atoms with van der Waals surface area (Å²) >= 11 is 0. The van der Waals surface area contributed by atoms with Gasteiger partial charge in [-0.2, -0.15) is 0 Å². The molecule has 0 amide bonds. The Bertz CT molecular complexity index is 185. The molecule has 0 aromatic rings. The van der Waals surface area contributed by atoms with Gasteiger partial charge < -0.3 is 0 Å². The molecule has 0 bridgehead atoms. The maximum absolute atomic E-state index is 11.3. The zero-order valence-corrected chi connectivity index (χ0v) is 9.06. The van der Waals surface area contributed by atoms with Crippen molar-refractivity contribution in [2.45, 2.75) is 64.2 Å². The lowest BCUT2D eigenvalue weighted by molar-refractivity contribution is 0.134.